The van der Waals surface area contributed by atoms with Crippen LogP contribution in [0.5, 0.6) is 0 Å². The summed E-state index contributed by atoms with van der Waals surface area (Å²) in [5.41, 5.74) is 0.782. The van der Waals surface area contributed by atoms with Gasteiger partial charge in [0.15, 0.2) is 0 Å². The van der Waals surface area contributed by atoms with Crippen molar-refractivity contribution in [2.75, 3.05) is 5.75 Å². The predicted octanol–water partition coefficient (Wildman–Crippen LogP) is 4.40. The van der Waals surface area contributed by atoms with Crippen LogP contribution in [-0.2, 0) is 0 Å². The molecule has 5 aliphatic carbocycles. The predicted molar refractivity (Wildman–Crippen MR) is 77.7 cm³/mol. The zero-order valence-corrected chi connectivity index (χ0v) is 12.2. The summed E-state index contributed by atoms with van der Waals surface area (Å²) in [5.74, 6) is 9.33. The van der Waals surface area contributed by atoms with Crippen LogP contribution in [0.25, 0.3) is 0 Å². The van der Waals surface area contributed by atoms with Crippen LogP contribution in [0, 0.1) is 46.8 Å². The van der Waals surface area contributed by atoms with Gasteiger partial charge in [-0.3, -0.25) is 0 Å². The Kier molecular flexibility index (Phi) is 2.16. The van der Waals surface area contributed by atoms with Gasteiger partial charge in [0.05, 0.1) is 0 Å². The molecule has 0 saturated heterocycles. The van der Waals surface area contributed by atoms with E-state index in [4.69, 9.17) is 0 Å². The van der Waals surface area contributed by atoms with Gasteiger partial charge in [0.25, 0.3) is 0 Å². The molecule has 0 heterocycles. The Morgan fingerprint density at radius 1 is 1.00 bits per heavy atom. The molecule has 0 aliphatic heterocycles. The van der Waals surface area contributed by atoms with Crippen molar-refractivity contribution in [1.82, 2.24) is 0 Å². The third-order valence-corrected chi connectivity index (χ3v) is 8.41. The summed E-state index contributed by atoms with van der Waals surface area (Å²) in [7, 11) is 0. The molecule has 18 heavy (non-hydrogen) atoms. The van der Waals surface area contributed by atoms with E-state index in [0.717, 1.165) is 28.9 Å². The monoisotopic (exact) mass is 262 g/mol. The zero-order valence-electron chi connectivity index (χ0n) is 11.4. The molecule has 0 aromatic heterocycles. The largest absolute Gasteiger partial charge is 0.179 e. The van der Waals surface area contributed by atoms with Crippen LogP contribution in [-0.4, -0.2) is 5.75 Å². The second-order valence-electron chi connectivity index (χ2n) is 8.26. The highest BCUT2D eigenvalue weighted by Crippen LogP contribution is 2.77. The summed E-state index contributed by atoms with van der Waals surface area (Å²) in [4.78, 5) is 0. The first-order valence-corrected chi connectivity index (χ1v) is 9.08. The third kappa shape index (κ3) is 1.09. The maximum Gasteiger partial charge on any atom is -0.00925 e. The van der Waals surface area contributed by atoms with Gasteiger partial charge >= 0.3 is 0 Å². The maximum atomic E-state index is 4.60. The molecule has 0 spiro atoms. The van der Waals surface area contributed by atoms with Crippen molar-refractivity contribution in [2.45, 2.75) is 51.4 Å². The van der Waals surface area contributed by atoms with E-state index in [9.17, 15) is 0 Å². The van der Waals surface area contributed by atoms with Crippen LogP contribution in [0.3, 0.4) is 0 Å². The quantitative estimate of drug-likeness (QED) is 0.553. The Bertz CT molecular complexity index is 378. The second-order valence-corrected chi connectivity index (χ2v) is 8.71. The number of hydrogen-bond donors (Lipinski definition) is 1. The molecule has 5 aliphatic rings. The lowest BCUT2D eigenvalue weighted by Crippen LogP contribution is -2.40. The average molecular weight is 262 g/mol. The third-order valence-electron chi connectivity index (χ3n) is 8.18. The first-order chi connectivity index (χ1) is 8.84. The fourth-order valence-electron chi connectivity index (χ4n) is 8.10. The molecular weight excluding hydrogens is 236 g/mol. The minimum Gasteiger partial charge on any atom is -0.179 e. The van der Waals surface area contributed by atoms with Crippen LogP contribution >= 0.6 is 12.6 Å². The minimum absolute atomic E-state index is 0.782. The van der Waals surface area contributed by atoms with Crippen molar-refractivity contribution in [3.05, 3.63) is 0 Å². The van der Waals surface area contributed by atoms with Gasteiger partial charge < -0.3 is 0 Å². The molecule has 0 nitrogen and oxygen atoms in total. The van der Waals surface area contributed by atoms with E-state index in [1.54, 1.807) is 44.9 Å². The molecule has 0 aromatic carbocycles. The van der Waals surface area contributed by atoms with Gasteiger partial charge in [0.1, 0.15) is 0 Å². The van der Waals surface area contributed by atoms with E-state index < -0.39 is 0 Å². The first-order valence-electron chi connectivity index (χ1n) is 8.45. The molecule has 4 bridgehead atoms. The average Bonchev–Trinajstić information content (AvgIpc) is 3.12. The maximum absolute atomic E-state index is 4.60. The Morgan fingerprint density at radius 3 is 2.67 bits per heavy atom. The van der Waals surface area contributed by atoms with Gasteiger partial charge in [-0.05, 0) is 97.5 Å². The van der Waals surface area contributed by atoms with Crippen molar-refractivity contribution in [3.8, 4) is 0 Å². The van der Waals surface area contributed by atoms with Crippen LogP contribution in [0.4, 0.5) is 0 Å². The Balaban J connectivity index is 1.55. The minimum atomic E-state index is 0.782. The topological polar surface area (TPSA) is 0 Å². The van der Waals surface area contributed by atoms with E-state index in [1.165, 1.54) is 30.1 Å². The molecule has 8 atom stereocenters. The van der Waals surface area contributed by atoms with Gasteiger partial charge in [-0.2, -0.15) is 12.6 Å². The summed E-state index contributed by atoms with van der Waals surface area (Å²) in [5, 5.41) is 0. The molecule has 0 radical (unpaired) electrons. The molecule has 0 amide bonds. The standard InChI is InChI=1S/C17H26S/c18-7-6-17-5-4-10(9-17)15-13-8-14(16(15)17)12-3-1-2-11(12)13/h10-16,18H,1-9H2. The normalized spacial score (nSPS) is 63.5. The van der Waals surface area contributed by atoms with Crippen molar-refractivity contribution in [3.63, 3.8) is 0 Å². The molecule has 5 rings (SSSR count). The second kappa shape index (κ2) is 3.51. The first kappa shape index (κ1) is 11.1. The number of rotatable bonds is 2. The highest BCUT2D eigenvalue weighted by atomic mass is 32.1. The molecule has 1 heteroatoms. The highest BCUT2D eigenvalue weighted by Gasteiger charge is 2.70. The molecular formula is C17H26S. The smallest absolute Gasteiger partial charge is 0.00925 e. The van der Waals surface area contributed by atoms with E-state index in [1.807, 2.05) is 0 Å². The van der Waals surface area contributed by atoms with Gasteiger partial charge in [-0.15, -0.1) is 0 Å². The lowest BCUT2D eigenvalue weighted by atomic mass is 9.59. The van der Waals surface area contributed by atoms with Crippen molar-refractivity contribution in [2.24, 2.45) is 46.8 Å². The summed E-state index contributed by atoms with van der Waals surface area (Å²) in [6, 6.07) is 0. The molecule has 5 fully saturated rings. The Labute approximate surface area is 117 Å². The molecule has 5 saturated carbocycles. The van der Waals surface area contributed by atoms with Gasteiger partial charge in [0.2, 0.25) is 0 Å². The van der Waals surface area contributed by atoms with E-state index in [2.05, 4.69) is 12.6 Å². The van der Waals surface area contributed by atoms with Gasteiger partial charge in [-0.1, -0.05) is 6.42 Å². The van der Waals surface area contributed by atoms with E-state index >= 15 is 0 Å². The molecule has 8 unspecified atom stereocenters. The van der Waals surface area contributed by atoms with Crippen molar-refractivity contribution < 1.29 is 0 Å². The SMILES string of the molecule is SCCC12CCC(C1)C1C3CC(C4CCCC43)C12. The summed E-state index contributed by atoms with van der Waals surface area (Å²) in [6.45, 7) is 0. The summed E-state index contributed by atoms with van der Waals surface area (Å²) < 4.78 is 0. The van der Waals surface area contributed by atoms with Crippen LogP contribution in [0.15, 0.2) is 0 Å². The number of thiol groups is 1. The molecule has 0 N–H and O–H groups in total. The highest BCUT2D eigenvalue weighted by molar-refractivity contribution is 7.80. The number of hydrogen-bond acceptors (Lipinski definition) is 1. The molecule has 0 aromatic rings. The van der Waals surface area contributed by atoms with Gasteiger partial charge in [-0.25, -0.2) is 0 Å². The fraction of sp³-hybridized carbons (Fsp3) is 1.00. The summed E-state index contributed by atoms with van der Waals surface area (Å²) in [6.07, 6.45) is 12.6. The lowest BCUT2D eigenvalue weighted by Gasteiger charge is -2.46. The van der Waals surface area contributed by atoms with Gasteiger partial charge in [0, 0.05) is 0 Å². The van der Waals surface area contributed by atoms with Crippen LogP contribution < -0.4 is 0 Å². The fourth-order valence-corrected chi connectivity index (χ4v) is 8.55. The van der Waals surface area contributed by atoms with E-state index in [0.29, 0.717) is 0 Å². The summed E-state index contributed by atoms with van der Waals surface area (Å²) >= 11 is 4.60. The molecule has 100 valence electrons. The Hall–Kier alpha value is 0.350. The van der Waals surface area contributed by atoms with Crippen molar-refractivity contribution in [1.29, 1.82) is 0 Å². The van der Waals surface area contributed by atoms with Crippen LogP contribution in [0.1, 0.15) is 51.4 Å². The number of fused-ring (bicyclic) bond motifs is 12. The lowest BCUT2D eigenvalue weighted by molar-refractivity contribution is 0.0234. The zero-order chi connectivity index (χ0) is 11.9. The van der Waals surface area contributed by atoms with Crippen LogP contribution in [0.2, 0.25) is 0 Å². The Morgan fingerprint density at radius 2 is 1.83 bits per heavy atom. The van der Waals surface area contributed by atoms with Crippen molar-refractivity contribution >= 4 is 12.6 Å². The van der Waals surface area contributed by atoms with E-state index in [-0.39, 0.29) is 0 Å².